The zero-order chi connectivity index (χ0) is 17.9. The number of hydrogen-bond donors (Lipinski definition) is 1. The Morgan fingerprint density at radius 1 is 1.00 bits per heavy atom. The van der Waals surface area contributed by atoms with Crippen LogP contribution in [0.15, 0.2) is 53.4 Å². The van der Waals surface area contributed by atoms with Crippen molar-refractivity contribution in [3.8, 4) is 0 Å². The van der Waals surface area contributed by atoms with Crippen molar-refractivity contribution in [2.45, 2.75) is 23.8 Å². The van der Waals surface area contributed by atoms with Gasteiger partial charge in [-0.1, -0.05) is 30.3 Å². The highest BCUT2D eigenvalue weighted by atomic mass is 32.2. The maximum atomic E-state index is 13.3. The average Bonchev–Trinajstić information content (AvgIpc) is 3.12. The molecule has 1 saturated heterocycles. The van der Waals surface area contributed by atoms with Gasteiger partial charge in [-0.05, 0) is 49.7 Å². The van der Waals surface area contributed by atoms with E-state index < -0.39 is 21.7 Å². The molecule has 0 bridgehead atoms. The van der Waals surface area contributed by atoms with Crippen LogP contribution in [0, 0.1) is 11.6 Å². The van der Waals surface area contributed by atoms with E-state index in [-0.39, 0.29) is 17.5 Å². The highest BCUT2D eigenvalue weighted by molar-refractivity contribution is 7.89. The van der Waals surface area contributed by atoms with Crippen LogP contribution in [0.2, 0.25) is 0 Å². The van der Waals surface area contributed by atoms with E-state index in [9.17, 15) is 17.2 Å². The van der Waals surface area contributed by atoms with Gasteiger partial charge in [-0.3, -0.25) is 4.90 Å². The number of hydrogen-bond acceptors (Lipinski definition) is 3. The second-order valence-corrected chi connectivity index (χ2v) is 7.86. The van der Waals surface area contributed by atoms with E-state index in [0.717, 1.165) is 43.6 Å². The molecule has 1 aliphatic heterocycles. The molecule has 3 rings (SSSR count). The first-order valence-corrected chi connectivity index (χ1v) is 9.69. The van der Waals surface area contributed by atoms with E-state index in [4.69, 9.17) is 0 Å². The fourth-order valence-corrected chi connectivity index (χ4v) is 4.15. The first-order chi connectivity index (χ1) is 12.0. The van der Waals surface area contributed by atoms with Crippen molar-refractivity contribution < 1.29 is 17.2 Å². The summed E-state index contributed by atoms with van der Waals surface area (Å²) in [4.78, 5) is 1.96. The molecule has 0 unspecified atom stereocenters. The molecule has 1 atom stereocenters. The summed E-state index contributed by atoms with van der Waals surface area (Å²) in [7, 11) is -3.92. The number of likely N-dealkylation sites (tertiary alicyclic amines) is 1. The van der Waals surface area contributed by atoms with Crippen LogP contribution in [0.3, 0.4) is 0 Å². The van der Waals surface area contributed by atoms with Crippen LogP contribution in [-0.4, -0.2) is 33.0 Å². The van der Waals surface area contributed by atoms with Gasteiger partial charge in [0.15, 0.2) is 11.6 Å². The Kier molecular flexibility index (Phi) is 5.46. The summed E-state index contributed by atoms with van der Waals surface area (Å²) < 4.78 is 53.8. The standard InChI is InChI=1S/C18H20F2N2O2S/c19-16-9-8-15(12-17(16)20)25(23,24)21-13-18(22-10-4-5-11-22)14-6-2-1-3-7-14/h1-3,6-9,12,18,21H,4-5,10-11,13H2/t18-/m1/s1. The molecule has 1 heterocycles. The van der Waals surface area contributed by atoms with Crippen LogP contribution in [0.5, 0.6) is 0 Å². The largest absolute Gasteiger partial charge is 0.295 e. The number of halogens is 2. The monoisotopic (exact) mass is 366 g/mol. The molecule has 1 fully saturated rings. The second-order valence-electron chi connectivity index (χ2n) is 6.10. The Bertz CT molecular complexity index is 822. The van der Waals surface area contributed by atoms with Crippen LogP contribution in [0.25, 0.3) is 0 Å². The van der Waals surface area contributed by atoms with Crippen molar-refractivity contribution in [2.75, 3.05) is 19.6 Å². The average molecular weight is 366 g/mol. The van der Waals surface area contributed by atoms with Crippen molar-refractivity contribution in [3.05, 3.63) is 65.7 Å². The van der Waals surface area contributed by atoms with Gasteiger partial charge in [0, 0.05) is 12.6 Å². The van der Waals surface area contributed by atoms with Crippen LogP contribution >= 0.6 is 0 Å². The Hall–Kier alpha value is -1.83. The van der Waals surface area contributed by atoms with Crippen molar-refractivity contribution in [3.63, 3.8) is 0 Å². The Morgan fingerprint density at radius 3 is 2.32 bits per heavy atom. The molecule has 0 aliphatic carbocycles. The Balaban J connectivity index is 1.79. The summed E-state index contributed by atoms with van der Waals surface area (Å²) in [5.41, 5.74) is 1.03. The molecule has 2 aromatic rings. The van der Waals surface area contributed by atoms with Gasteiger partial charge in [0.1, 0.15) is 0 Å². The first kappa shape index (κ1) is 18.0. The van der Waals surface area contributed by atoms with Crippen LogP contribution in [-0.2, 0) is 10.0 Å². The fraction of sp³-hybridized carbons (Fsp3) is 0.333. The van der Waals surface area contributed by atoms with Gasteiger partial charge in [0.2, 0.25) is 10.0 Å². The smallest absolute Gasteiger partial charge is 0.240 e. The molecule has 0 amide bonds. The van der Waals surface area contributed by atoms with E-state index in [1.807, 2.05) is 30.3 Å². The van der Waals surface area contributed by atoms with E-state index in [2.05, 4.69) is 9.62 Å². The molecule has 1 aliphatic rings. The molecule has 134 valence electrons. The lowest BCUT2D eigenvalue weighted by atomic mass is 10.1. The normalized spacial score (nSPS) is 16.9. The SMILES string of the molecule is O=S(=O)(NC[C@H](c1ccccc1)N1CCCC1)c1ccc(F)c(F)c1. The van der Waals surface area contributed by atoms with Gasteiger partial charge >= 0.3 is 0 Å². The molecular formula is C18H20F2N2O2S. The van der Waals surface area contributed by atoms with Crippen LogP contribution in [0.1, 0.15) is 24.4 Å². The zero-order valence-corrected chi connectivity index (χ0v) is 14.5. The van der Waals surface area contributed by atoms with Gasteiger partial charge < -0.3 is 0 Å². The minimum atomic E-state index is -3.92. The third kappa shape index (κ3) is 4.23. The van der Waals surface area contributed by atoms with Gasteiger partial charge in [-0.25, -0.2) is 21.9 Å². The van der Waals surface area contributed by atoms with Gasteiger partial charge in [0.25, 0.3) is 0 Å². The predicted molar refractivity (Wildman–Crippen MR) is 91.5 cm³/mol. The molecule has 7 heteroatoms. The number of nitrogens with zero attached hydrogens (tertiary/aromatic N) is 1. The molecule has 0 aromatic heterocycles. The highest BCUT2D eigenvalue weighted by Gasteiger charge is 2.25. The van der Waals surface area contributed by atoms with Crippen molar-refractivity contribution in [1.29, 1.82) is 0 Å². The summed E-state index contributed by atoms with van der Waals surface area (Å²) in [6.07, 6.45) is 2.17. The van der Waals surface area contributed by atoms with E-state index >= 15 is 0 Å². The van der Waals surface area contributed by atoms with E-state index in [1.165, 1.54) is 0 Å². The van der Waals surface area contributed by atoms with Crippen LogP contribution < -0.4 is 4.72 Å². The van der Waals surface area contributed by atoms with Gasteiger partial charge in [0.05, 0.1) is 4.90 Å². The van der Waals surface area contributed by atoms with Gasteiger partial charge in [-0.15, -0.1) is 0 Å². The summed E-state index contributed by atoms with van der Waals surface area (Å²) in [6.45, 7) is 1.99. The van der Waals surface area contributed by atoms with E-state index in [0.29, 0.717) is 6.07 Å². The van der Waals surface area contributed by atoms with Crippen molar-refractivity contribution >= 4 is 10.0 Å². The van der Waals surface area contributed by atoms with Gasteiger partial charge in [-0.2, -0.15) is 0 Å². The minimum Gasteiger partial charge on any atom is -0.295 e. The molecular weight excluding hydrogens is 346 g/mol. The summed E-state index contributed by atoms with van der Waals surface area (Å²) in [5.74, 6) is -2.25. The van der Waals surface area contributed by atoms with Crippen LogP contribution in [0.4, 0.5) is 8.78 Å². The zero-order valence-electron chi connectivity index (χ0n) is 13.7. The number of benzene rings is 2. The summed E-state index contributed by atoms with van der Waals surface area (Å²) >= 11 is 0. The fourth-order valence-electron chi connectivity index (χ4n) is 3.10. The molecule has 0 radical (unpaired) electrons. The third-order valence-electron chi connectivity index (χ3n) is 4.43. The Morgan fingerprint density at radius 2 is 1.68 bits per heavy atom. The first-order valence-electron chi connectivity index (χ1n) is 8.21. The maximum Gasteiger partial charge on any atom is 0.240 e. The number of sulfonamides is 1. The molecule has 1 N–H and O–H groups in total. The highest BCUT2D eigenvalue weighted by Crippen LogP contribution is 2.25. The minimum absolute atomic E-state index is 0.0937. The number of nitrogens with one attached hydrogen (secondary N) is 1. The second kappa shape index (κ2) is 7.59. The van der Waals surface area contributed by atoms with Crippen molar-refractivity contribution in [2.24, 2.45) is 0 Å². The lowest BCUT2D eigenvalue weighted by Gasteiger charge is -2.28. The summed E-state index contributed by atoms with van der Waals surface area (Å²) in [5, 5.41) is 0. The lowest BCUT2D eigenvalue weighted by molar-refractivity contribution is 0.246. The molecule has 0 spiro atoms. The molecule has 2 aromatic carbocycles. The summed E-state index contributed by atoms with van der Waals surface area (Å²) in [6, 6.07) is 12.2. The molecule has 25 heavy (non-hydrogen) atoms. The number of rotatable bonds is 6. The maximum absolute atomic E-state index is 13.3. The van der Waals surface area contributed by atoms with Crippen molar-refractivity contribution in [1.82, 2.24) is 9.62 Å². The molecule has 0 saturated carbocycles. The Labute approximate surface area is 146 Å². The van der Waals surface area contributed by atoms with E-state index in [1.54, 1.807) is 0 Å². The topological polar surface area (TPSA) is 49.4 Å². The third-order valence-corrected chi connectivity index (χ3v) is 5.86. The molecule has 4 nitrogen and oxygen atoms in total. The quantitative estimate of drug-likeness (QED) is 0.855. The predicted octanol–water partition coefficient (Wildman–Crippen LogP) is 3.08. The lowest BCUT2D eigenvalue weighted by Crippen LogP contribution is -2.36.